The summed E-state index contributed by atoms with van der Waals surface area (Å²) in [4.78, 5) is 14.7. The van der Waals surface area contributed by atoms with Gasteiger partial charge in [0.25, 0.3) is 5.91 Å². The molecule has 6 heteroatoms. The van der Waals surface area contributed by atoms with E-state index in [0.717, 1.165) is 12.8 Å². The average molecular weight is 283 g/mol. The van der Waals surface area contributed by atoms with Crippen molar-refractivity contribution in [1.29, 1.82) is 0 Å². The number of carbonyl (C=O) groups is 1. The minimum Gasteiger partial charge on any atom is -0.348 e. The summed E-state index contributed by atoms with van der Waals surface area (Å²) < 4.78 is 1.53. The fraction of sp³-hybridized carbons (Fsp3) is 0.692. The largest absolute Gasteiger partial charge is 0.348 e. The fourth-order valence-electron chi connectivity index (χ4n) is 3.45. The molecule has 2 bridgehead atoms. The van der Waals surface area contributed by atoms with E-state index in [1.54, 1.807) is 7.05 Å². The molecule has 2 atom stereocenters. The van der Waals surface area contributed by atoms with E-state index in [2.05, 4.69) is 22.4 Å². The minimum atomic E-state index is -0.112. The molecule has 0 saturated carbocycles. The van der Waals surface area contributed by atoms with Crippen LogP contribution >= 0.6 is 11.6 Å². The zero-order valence-electron chi connectivity index (χ0n) is 11.3. The van der Waals surface area contributed by atoms with Crippen LogP contribution in [-0.2, 0) is 7.05 Å². The molecular weight excluding hydrogens is 264 g/mol. The van der Waals surface area contributed by atoms with Gasteiger partial charge in [-0.05, 0) is 32.7 Å². The number of amides is 1. The third kappa shape index (κ3) is 2.25. The van der Waals surface area contributed by atoms with Crippen molar-refractivity contribution in [1.82, 2.24) is 20.0 Å². The highest BCUT2D eigenvalue weighted by Crippen LogP contribution is 2.34. The van der Waals surface area contributed by atoms with Crippen LogP contribution in [0.15, 0.2) is 6.20 Å². The van der Waals surface area contributed by atoms with E-state index in [9.17, 15) is 4.79 Å². The topological polar surface area (TPSA) is 50.2 Å². The molecule has 3 rings (SSSR count). The van der Waals surface area contributed by atoms with E-state index in [1.807, 2.05) is 0 Å². The Morgan fingerprint density at radius 2 is 2.00 bits per heavy atom. The van der Waals surface area contributed by atoms with E-state index in [1.165, 1.54) is 23.7 Å². The van der Waals surface area contributed by atoms with Crippen molar-refractivity contribution < 1.29 is 4.79 Å². The van der Waals surface area contributed by atoms with Crippen molar-refractivity contribution in [2.45, 2.75) is 43.8 Å². The third-order valence-corrected chi connectivity index (χ3v) is 4.82. The van der Waals surface area contributed by atoms with Gasteiger partial charge in [-0.3, -0.25) is 9.48 Å². The molecule has 104 valence electrons. The van der Waals surface area contributed by atoms with Crippen LogP contribution in [0, 0.1) is 0 Å². The summed E-state index contributed by atoms with van der Waals surface area (Å²) in [6, 6.07) is 1.49. The zero-order chi connectivity index (χ0) is 13.6. The summed E-state index contributed by atoms with van der Waals surface area (Å²) in [5.74, 6) is -0.112. The maximum absolute atomic E-state index is 12.3. The Kier molecular flexibility index (Phi) is 3.27. The molecular formula is C13H19ClN4O. The molecule has 0 aliphatic carbocycles. The summed E-state index contributed by atoms with van der Waals surface area (Å²) in [5.41, 5.74) is 0.452. The van der Waals surface area contributed by atoms with Crippen LogP contribution < -0.4 is 5.32 Å². The highest BCUT2D eigenvalue weighted by Gasteiger charge is 2.39. The molecule has 5 nitrogen and oxygen atoms in total. The molecule has 19 heavy (non-hydrogen) atoms. The Labute approximate surface area is 117 Å². The minimum absolute atomic E-state index is 0.112. The van der Waals surface area contributed by atoms with E-state index in [0.29, 0.717) is 22.8 Å². The van der Waals surface area contributed by atoms with Crippen molar-refractivity contribution in [3.05, 3.63) is 16.9 Å². The first-order valence-electron chi connectivity index (χ1n) is 6.76. The molecule has 1 N–H and O–H groups in total. The lowest BCUT2D eigenvalue weighted by atomic mass is 9.98. The summed E-state index contributed by atoms with van der Waals surface area (Å²) in [5, 5.41) is 7.53. The molecule has 1 aromatic heterocycles. The molecule has 0 spiro atoms. The molecule has 2 saturated heterocycles. The highest BCUT2D eigenvalue weighted by molar-refractivity contribution is 6.33. The highest BCUT2D eigenvalue weighted by atomic mass is 35.5. The van der Waals surface area contributed by atoms with Gasteiger partial charge in [-0.1, -0.05) is 11.6 Å². The SMILES string of the molecule is CN1C2CCC1CC(NC(=O)c1c(Cl)cnn1C)C2. The number of halogens is 1. The van der Waals surface area contributed by atoms with E-state index in [4.69, 9.17) is 11.6 Å². The lowest BCUT2D eigenvalue weighted by molar-refractivity contribution is 0.0873. The number of nitrogens with zero attached hydrogens (tertiary/aromatic N) is 3. The normalized spacial score (nSPS) is 30.6. The summed E-state index contributed by atoms with van der Waals surface area (Å²) in [7, 11) is 3.93. The molecule has 2 fully saturated rings. The van der Waals surface area contributed by atoms with Gasteiger partial charge in [0.05, 0.1) is 11.2 Å². The lowest BCUT2D eigenvalue weighted by Crippen LogP contribution is -2.49. The van der Waals surface area contributed by atoms with Gasteiger partial charge >= 0.3 is 0 Å². The Hall–Kier alpha value is -1.07. The number of carbonyl (C=O) groups excluding carboxylic acids is 1. The van der Waals surface area contributed by atoms with Crippen molar-refractivity contribution in [3.8, 4) is 0 Å². The quantitative estimate of drug-likeness (QED) is 0.893. The summed E-state index contributed by atoms with van der Waals surface area (Å²) >= 11 is 6.00. The number of hydrogen-bond acceptors (Lipinski definition) is 3. The summed E-state index contributed by atoms with van der Waals surface area (Å²) in [6.45, 7) is 0. The van der Waals surface area contributed by atoms with Gasteiger partial charge < -0.3 is 10.2 Å². The van der Waals surface area contributed by atoms with Crippen LogP contribution in [-0.4, -0.2) is 45.8 Å². The monoisotopic (exact) mass is 282 g/mol. The predicted molar refractivity (Wildman–Crippen MR) is 73.3 cm³/mol. The molecule has 3 heterocycles. The fourth-order valence-corrected chi connectivity index (χ4v) is 3.70. The second-order valence-electron chi connectivity index (χ2n) is 5.66. The standard InChI is InChI=1S/C13H19ClN4O/c1-17-9-3-4-10(17)6-8(5-9)16-13(19)12-11(14)7-15-18(12)2/h7-10H,3-6H2,1-2H3,(H,16,19). The van der Waals surface area contributed by atoms with Crippen LogP contribution in [0.5, 0.6) is 0 Å². The average Bonchev–Trinajstić information content (AvgIpc) is 2.77. The van der Waals surface area contributed by atoms with Crippen LogP contribution in [0.25, 0.3) is 0 Å². The first kappa shape index (κ1) is 12.9. The first-order valence-corrected chi connectivity index (χ1v) is 7.14. The van der Waals surface area contributed by atoms with Gasteiger partial charge in [-0.25, -0.2) is 0 Å². The van der Waals surface area contributed by atoms with Crippen LogP contribution in [0.4, 0.5) is 0 Å². The lowest BCUT2D eigenvalue weighted by Gasteiger charge is -2.36. The number of piperidine rings is 1. The number of fused-ring (bicyclic) bond motifs is 2. The van der Waals surface area contributed by atoms with Crippen molar-refractivity contribution in [3.63, 3.8) is 0 Å². The number of nitrogens with one attached hydrogen (secondary N) is 1. The molecule has 1 amide bonds. The van der Waals surface area contributed by atoms with E-state index >= 15 is 0 Å². The van der Waals surface area contributed by atoms with Gasteiger partial charge in [0.2, 0.25) is 0 Å². The summed E-state index contributed by atoms with van der Waals surface area (Å²) in [6.07, 6.45) is 6.08. The predicted octanol–water partition coefficient (Wildman–Crippen LogP) is 1.43. The number of aromatic nitrogens is 2. The Bertz CT molecular complexity index is 467. The van der Waals surface area contributed by atoms with Crippen LogP contribution in [0.2, 0.25) is 5.02 Å². The maximum Gasteiger partial charge on any atom is 0.271 e. The second-order valence-corrected chi connectivity index (χ2v) is 6.06. The third-order valence-electron chi connectivity index (χ3n) is 4.54. The van der Waals surface area contributed by atoms with Crippen molar-refractivity contribution in [2.24, 2.45) is 7.05 Å². The molecule has 2 aliphatic heterocycles. The number of rotatable bonds is 2. The molecule has 0 radical (unpaired) electrons. The van der Waals surface area contributed by atoms with Gasteiger partial charge in [-0.15, -0.1) is 0 Å². The van der Waals surface area contributed by atoms with Gasteiger partial charge in [0, 0.05) is 25.2 Å². The molecule has 1 aromatic rings. The smallest absolute Gasteiger partial charge is 0.271 e. The first-order chi connectivity index (χ1) is 9.06. The van der Waals surface area contributed by atoms with Crippen molar-refractivity contribution in [2.75, 3.05) is 7.05 Å². The second kappa shape index (κ2) is 4.80. The number of aryl methyl sites for hydroxylation is 1. The van der Waals surface area contributed by atoms with Crippen LogP contribution in [0.3, 0.4) is 0 Å². The van der Waals surface area contributed by atoms with E-state index < -0.39 is 0 Å². The van der Waals surface area contributed by atoms with Gasteiger partial charge in [-0.2, -0.15) is 5.10 Å². The van der Waals surface area contributed by atoms with Crippen LogP contribution in [0.1, 0.15) is 36.2 Å². The van der Waals surface area contributed by atoms with Gasteiger partial charge in [0.1, 0.15) is 5.69 Å². The Balaban J connectivity index is 1.68. The zero-order valence-corrected chi connectivity index (χ0v) is 12.0. The van der Waals surface area contributed by atoms with E-state index in [-0.39, 0.29) is 11.9 Å². The van der Waals surface area contributed by atoms with Crippen molar-refractivity contribution >= 4 is 17.5 Å². The molecule has 0 aromatic carbocycles. The Morgan fingerprint density at radius 1 is 1.37 bits per heavy atom. The Morgan fingerprint density at radius 3 is 2.53 bits per heavy atom. The maximum atomic E-state index is 12.3. The number of hydrogen-bond donors (Lipinski definition) is 1. The molecule has 2 aliphatic rings. The molecule has 2 unspecified atom stereocenters. The van der Waals surface area contributed by atoms with Gasteiger partial charge in [0.15, 0.2) is 0 Å².